The van der Waals surface area contributed by atoms with Gasteiger partial charge in [0.25, 0.3) is 0 Å². The topological polar surface area (TPSA) is 27.0 Å². The van der Waals surface area contributed by atoms with Crippen LogP contribution in [0, 0.1) is 28.6 Å². The molecule has 0 amide bonds. The van der Waals surface area contributed by atoms with Crippen molar-refractivity contribution in [1.29, 1.82) is 5.26 Å². The van der Waals surface area contributed by atoms with Crippen LogP contribution in [0.4, 0.5) is 0 Å². The van der Waals surface area contributed by atoms with Crippen LogP contribution in [-0.2, 0) is 0 Å². The SMILES string of the molecule is CC(C)C1CCN(CCC(C)(C)C#N)CC1. The van der Waals surface area contributed by atoms with Gasteiger partial charge in [0.05, 0.1) is 11.5 Å². The molecule has 1 rings (SSSR count). The fourth-order valence-corrected chi connectivity index (χ4v) is 2.34. The van der Waals surface area contributed by atoms with E-state index in [0.717, 1.165) is 24.8 Å². The number of nitriles is 1. The lowest BCUT2D eigenvalue weighted by atomic mass is 9.86. The summed E-state index contributed by atoms with van der Waals surface area (Å²) in [6, 6.07) is 2.38. The third kappa shape index (κ3) is 4.14. The number of likely N-dealkylation sites (tertiary alicyclic amines) is 1. The lowest BCUT2D eigenvalue weighted by Gasteiger charge is -2.34. The second kappa shape index (κ2) is 5.68. The minimum Gasteiger partial charge on any atom is -0.303 e. The fourth-order valence-electron chi connectivity index (χ4n) is 2.34. The number of piperidine rings is 1. The normalized spacial score (nSPS) is 20.0. The van der Waals surface area contributed by atoms with Gasteiger partial charge in [-0.25, -0.2) is 0 Å². The highest BCUT2D eigenvalue weighted by Gasteiger charge is 2.23. The van der Waals surface area contributed by atoms with Crippen molar-refractivity contribution in [2.75, 3.05) is 19.6 Å². The Hall–Kier alpha value is -0.550. The van der Waals surface area contributed by atoms with Crippen LogP contribution in [0.2, 0.25) is 0 Å². The second-order valence-electron chi connectivity index (χ2n) is 6.17. The molecule has 0 N–H and O–H groups in total. The van der Waals surface area contributed by atoms with Gasteiger partial charge < -0.3 is 4.90 Å². The maximum Gasteiger partial charge on any atom is 0.0684 e. The van der Waals surface area contributed by atoms with Gasteiger partial charge in [0.1, 0.15) is 0 Å². The maximum atomic E-state index is 8.97. The van der Waals surface area contributed by atoms with Crippen LogP contribution >= 0.6 is 0 Å². The fraction of sp³-hybridized carbons (Fsp3) is 0.929. The molecule has 0 unspecified atom stereocenters. The van der Waals surface area contributed by atoms with Gasteiger partial charge in [-0.1, -0.05) is 13.8 Å². The van der Waals surface area contributed by atoms with Crippen LogP contribution in [-0.4, -0.2) is 24.5 Å². The zero-order chi connectivity index (χ0) is 12.2. The summed E-state index contributed by atoms with van der Waals surface area (Å²) in [6.07, 6.45) is 3.67. The summed E-state index contributed by atoms with van der Waals surface area (Å²) in [5, 5.41) is 8.97. The van der Waals surface area contributed by atoms with Crippen molar-refractivity contribution < 1.29 is 0 Å². The molecule has 2 heteroatoms. The highest BCUT2D eigenvalue weighted by Crippen LogP contribution is 2.26. The molecule has 0 bridgehead atoms. The van der Waals surface area contributed by atoms with E-state index in [0.29, 0.717) is 0 Å². The van der Waals surface area contributed by atoms with E-state index in [9.17, 15) is 0 Å². The number of nitrogens with zero attached hydrogens (tertiary/aromatic N) is 2. The van der Waals surface area contributed by atoms with E-state index in [1.54, 1.807) is 0 Å². The monoisotopic (exact) mass is 222 g/mol. The van der Waals surface area contributed by atoms with Crippen molar-refractivity contribution >= 4 is 0 Å². The van der Waals surface area contributed by atoms with Gasteiger partial charge in [-0.3, -0.25) is 0 Å². The molecular formula is C14H26N2. The molecule has 92 valence electrons. The quantitative estimate of drug-likeness (QED) is 0.730. The molecule has 0 aromatic heterocycles. The standard InChI is InChI=1S/C14H26N2/c1-12(2)13-5-8-16(9-6-13)10-7-14(3,4)11-15/h12-13H,5-10H2,1-4H3. The van der Waals surface area contributed by atoms with E-state index in [4.69, 9.17) is 5.26 Å². The van der Waals surface area contributed by atoms with Crippen LogP contribution in [0.5, 0.6) is 0 Å². The van der Waals surface area contributed by atoms with E-state index >= 15 is 0 Å². The van der Waals surface area contributed by atoms with Crippen molar-refractivity contribution in [3.63, 3.8) is 0 Å². The van der Waals surface area contributed by atoms with Gasteiger partial charge in [0.15, 0.2) is 0 Å². The Morgan fingerprint density at radius 3 is 2.31 bits per heavy atom. The lowest BCUT2D eigenvalue weighted by Crippen LogP contribution is -2.37. The number of hydrogen-bond acceptors (Lipinski definition) is 2. The largest absolute Gasteiger partial charge is 0.303 e. The van der Waals surface area contributed by atoms with Crippen molar-refractivity contribution in [2.45, 2.75) is 47.0 Å². The van der Waals surface area contributed by atoms with E-state index in [1.807, 2.05) is 13.8 Å². The summed E-state index contributed by atoms with van der Waals surface area (Å²) < 4.78 is 0. The summed E-state index contributed by atoms with van der Waals surface area (Å²) in [6.45, 7) is 12.3. The highest BCUT2D eigenvalue weighted by atomic mass is 15.1. The molecule has 16 heavy (non-hydrogen) atoms. The lowest BCUT2D eigenvalue weighted by molar-refractivity contribution is 0.147. The van der Waals surface area contributed by atoms with Crippen molar-refractivity contribution in [3.05, 3.63) is 0 Å². The average molecular weight is 222 g/mol. The summed E-state index contributed by atoms with van der Waals surface area (Å²) in [5.74, 6) is 1.75. The molecular weight excluding hydrogens is 196 g/mol. The van der Waals surface area contributed by atoms with E-state index in [-0.39, 0.29) is 5.41 Å². The Labute approximate surface area is 101 Å². The first-order valence-corrected chi connectivity index (χ1v) is 6.58. The summed E-state index contributed by atoms with van der Waals surface area (Å²) in [7, 11) is 0. The van der Waals surface area contributed by atoms with Crippen molar-refractivity contribution in [3.8, 4) is 6.07 Å². The highest BCUT2D eigenvalue weighted by molar-refractivity contribution is 4.92. The Kier molecular flexibility index (Phi) is 4.80. The third-order valence-corrected chi connectivity index (χ3v) is 3.93. The Balaban J connectivity index is 2.26. The number of rotatable bonds is 4. The smallest absolute Gasteiger partial charge is 0.0684 e. The number of hydrogen-bond donors (Lipinski definition) is 0. The first-order chi connectivity index (χ1) is 7.44. The van der Waals surface area contributed by atoms with Crippen molar-refractivity contribution in [2.24, 2.45) is 17.3 Å². The molecule has 0 saturated carbocycles. The second-order valence-corrected chi connectivity index (χ2v) is 6.17. The van der Waals surface area contributed by atoms with Crippen LogP contribution in [0.25, 0.3) is 0 Å². The van der Waals surface area contributed by atoms with Crippen LogP contribution in [0.3, 0.4) is 0 Å². The first kappa shape index (κ1) is 13.5. The molecule has 0 aromatic carbocycles. The van der Waals surface area contributed by atoms with Gasteiger partial charge in [-0.15, -0.1) is 0 Å². The molecule has 1 saturated heterocycles. The molecule has 0 aromatic rings. The molecule has 1 aliphatic rings. The summed E-state index contributed by atoms with van der Waals surface area (Å²) in [4.78, 5) is 2.53. The zero-order valence-corrected chi connectivity index (χ0v) is 11.3. The van der Waals surface area contributed by atoms with Gasteiger partial charge in [0.2, 0.25) is 0 Å². The zero-order valence-electron chi connectivity index (χ0n) is 11.3. The van der Waals surface area contributed by atoms with Gasteiger partial charge in [0, 0.05) is 0 Å². The van der Waals surface area contributed by atoms with Crippen molar-refractivity contribution in [1.82, 2.24) is 4.90 Å². The van der Waals surface area contributed by atoms with Gasteiger partial charge in [-0.2, -0.15) is 5.26 Å². The average Bonchev–Trinajstić information content (AvgIpc) is 2.27. The maximum absolute atomic E-state index is 8.97. The molecule has 2 nitrogen and oxygen atoms in total. The molecule has 0 atom stereocenters. The van der Waals surface area contributed by atoms with Crippen LogP contribution < -0.4 is 0 Å². The summed E-state index contributed by atoms with van der Waals surface area (Å²) >= 11 is 0. The molecule has 1 fully saturated rings. The van der Waals surface area contributed by atoms with Crippen LogP contribution in [0.1, 0.15) is 47.0 Å². The minimum atomic E-state index is -0.158. The van der Waals surface area contributed by atoms with E-state index in [1.165, 1.54) is 25.9 Å². The Morgan fingerprint density at radius 1 is 1.31 bits per heavy atom. The first-order valence-electron chi connectivity index (χ1n) is 6.58. The molecule has 0 radical (unpaired) electrons. The summed E-state index contributed by atoms with van der Waals surface area (Å²) in [5.41, 5.74) is -0.158. The molecule has 0 spiro atoms. The van der Waals surface area contributed by atoms with Gasteiger partial charge >= 0.3 is 0 Å². The Morgan fingerprint density at radius 2 is 1.88 bits per heavy atom. The minimum absolute atomic E-state index is 0.158. The molecule has 0 aliphatic carbocycles. The molecule has 1 aliphatic heterocycles. The van der Waals surface area contributed by atoms with E-state index in [2.05, 4.69) is 24.8 Å². The molecule has 1 heterocycles. The predicted octanol–water partition coefficient (Wildman–Crippen LogP) is 3.29. The van der Waals surface area contributed by atoms with Crippen LogP contribution in [0.15, 0.2) is 0 Å². The van der Waals surface area contributed by atoms with E-state index < -0.39 is 0 Å². The third-order valence-electron chi connectivity index (χ3n) is 3.93. The Bertz CT molecular complexity index is 242. The van der Waals surface area contributed by atoms with Gasteiger partial charge in [-0.05, 0) is 64.6 Å². The predicted molar refractivity (Wildman–Crippen MR) is 68.0 cm³/mol.